The van der Waals surface area contributed by atoms with E-state index < -0.39 is 9.84 Å². The molecule has 0 saturated carbocycles. The second-order valence-corrected chi connectivity index (χ2v) is 7.88. The summed E-state index contributed by atoms with van der Waals surface area (Å²) in [5.41, 5.74) is 0.466. The minimum absolute atomic E-state index is 0.179. The van der Waals surface area contributed by atoms with Gasteiger partial charge in [-0.3, -0.25) is 4.79 Å². The Bertz CT molecular complexity index is 786. The number of carbonyl (C=O) groups is 1. The molecule has 2 aromatic rings. The van der Waals surface area contributed by atoms with Crippen LogP contribution in [0.25, 0.3) is 0 Å². The van der Waals surface area contributed by atoms with E-state index in [1.54, 1.807) is 19.2 Å². The Kier molecular flexibility index (Phi) is 5.68. The number of anilines is 1. The Morgan fingerprint density at radius 3 is 2.48 bits per heavy atom. The van der Waals surface area contributed by atoms with E-state index in [2.05, 4.69) is 5.32 Å². The predicted molar refractivity (Wildman–Crippen MR) is 91.9 cm³/mol. The average molecular weight is 351 g/mol. The topological polar surface area (TPSA) is 72.5 Å². The van der Waals surface area contributed by atoms with Crippen LogP contribution in [0, 0.1) is 0 Å². The van der Waals surface area contributed by atoms with Crippen LogP contribution in [0.1, 0.15) is 0 Å². The van der Waals surface area contributed by atoms with E-state index in [9.17, 15) is 13.2 Å². The molecule has 122 valence electrons. The number of thioether (sulfide) groups is 1. The van der Waals surface area contributed by atoms with E-state index in [1.165, 1.54) is 23.9 Å². The van der Waals surface area contributed by atoms with Gasteiger partial charge >= 0.3 is 0 Å². The molecule has 2 rings (SSSR count). The van der Waals surface area contributed by atoms with Crippen molar-refractivity contribution >= 4 is 33.2 Å². The third-order valence-corrected chi connectivity index (χ3v) is 5.10. The van der Waals surface area contributed by atoms with Crippen LogP contribution in [0.15, 0.2) is 58.3 Å². The zero-order chi connectivity index (χ0) is 16.9. The van der Waals surface area contributed by atoms with E-state index in [0.717, 1.165) is 16.9 Å². The van der Waals surface area contributed by atoms with Gasteiger partial charge in [0, 0.05) is 16.8 Å². The van der Waals surface area contributed by atoms with Crippen LogP contribution < -0.4 is 10.1 Å². The molecule has 0 aliphatic carbocycles. The standard InChI is InChI=1S/C16H17NO4S2/c1-21-13-6-8-14(9-7-13)22-11-16(18)17-12-4-3-5-15(10-12)23(2,19)20/h3-10H,11H2,1-2H3,(H,17,18). The van der Waals surface area contributed by atoms with E-state index in [4.69, 9.17) is 4.74 Å². The van der Waals surface area contributed by atoms with Gasteiger partial charge in [0.2, 0.25) is 5.91 Å². The lowest BCUT2D eigenvalue weighted by molar-refractivity contribution is -0.113. The fraction of sp³-hybridized carbons (Fsp3) is 0.188. The van der Waals surface area contributed by atoms with Crippen molar-refractivity contribution in [1.82, 2.24) is 0 Å². The summed E-state index contributed by atoms with van der Waals surface area (Å²) >= 11 is 1.39. The minimum atomic E-state index is -3.29. The molecule has 0 atom stereocenters. The van der Waals surface area contributed by atoms with E-state index in [-0.39, 0.29) is 16.6 Å². The zero-order valence-electron chi connectivity index (χ0n) is 12.8. The maximum atomic E-state index is 12.0. The fourth-order valence-corrected chi connectivity index (χ4v) is 3.19. The summed E-state index contributed by atoms with van der Waals surface area (Å²) in [6.07, 6.45) is 1.13. The molecule has 1 amide bonds. The van der Waals surface area contributed by atoms with Crippen LogP contribution in [-0.4, -0.2) is 33.4 Å². The number of hydrogen-bond donors (Lipinski definition) is 1. The number of carbonyl (C=O) groups excluding carboxylic acids is 1. The molecule has 0 unspecified atom stereocenters. The van der Waals surface area contributed by atoms with Crippen molar-refractivity contribution in [1.29, 1.82) is 0 Å². The van der Waals surface area contributed by atoms with Gasteiger partial charge in [-0.1, -0.05) is 6.07 Å². The predicted octanol–water partition coefficient (Wildman–Crippen LogP) is 2.83. The van der Waals surface area contributed by atoms with Crippen molar-refractivity contribution in [3.8, 4) is 5.75 Å². The van der Waals surface area contributed by atoms with Gasteiger partial charge in [0.15, 0.2) is 9.84 Å². The van der Waals surface area contributed by atoms with Gasteiger partial charge in [-0.05, 0) is 42.5 Å². The lowest BCUT2D eigenvalue weighted by atomic mass is 10.3. The molecular weight excluding hydrogens is 334 g/mol. The Hall–Kier alpha value is -1.99. The van der Waals surface area contributed by atoms with Crippen molar-refractivity contribution in [3.63, 3.8) is 0 Å². The van der Waals surface area contributed by atoms with Crippen molar-refractivity contribution in [2.45, 2.75) is 9.79 Å². The molecule has 23 heavy (non-hydrogen) atoms. The van der Waals surface area contributed by atoms with Gasteiger partial charge in [-0.15, -0.1) is 11.8 Å². The molecule has 0 aromatic heterocycles. The Morgan fingerprint density at radius 2 is 1.87 bits per heavy atom. The van der Waals surface area contributed by atoms with Crippen LogP contribution in [-0.2, 0) is 14.6 Å². The SMILES string of the molecule is COc1ccc(SCC(=O)Nc2cccc(S(C)(=O)=O)c2)cc1. The first-order valence-corrected chi connectivity index (χ1v) is 9.63. The van der Waals surface area contributed by atoms with E-state index in [0.29, 0.717) is 5.69 Å². The quantitative estimate of drug-likeness (QED) is 0.810. The first-order chi connectivity index (χ1) is 10.9. The molecule has 0 bridgehead atoms. The second-order valence-electron chi connectivity index (χ2n) is 4.81. The number of benzene rings is 2. The first-order valence-electron chi connectivity index (χ1n) is 6.75. The monoisotopic (exact) mass is 351 g/mol. The lowest BCUT2D eigenvalue weighted by Crippen LogP contribution is -2.14. The van der Waals surface area contributed by atoms with Crippen LogP contribution in [0.4, 0.5) is 5.69 Å². The summed E-state index contributed by atoms with van der Waals surface area (Å²) in [7, 11) is -1.69. The zero-order valence-corrected chi connectivity index (χ0v) is 14.4. The maximum absolute atomic E-state index is 12.0. The summed E-state index contributed by atoms with van der Waals surface area (Å²) in [5.74, 6) is 0.794. The largest absolute Gasteiger partial charge is 0.497 e. The number of hydrogen-bond acceptors (Lipinski definition) is 5. The molecule has 2 aromatic carbocycles. The lowest BCUT2D eigenvalue weighted by Gasteiger charge is -2.07. The summed E-state index contributed by atoms with van der Waals surface area (Å²) in [5, 5.41) is 2.70. The number of ether oxygens (including phenoxy) is 1. The highest BCUT2D eigenvalue weighted by Crippen LogP contribution is 2.22. The van der Waals surface area contributed by atoms with Gasteiger partial charge in [0.25, 0.3) is 0 Å². The van der Waals surface area contributed by atoms with Crippen LogP contribution in [0.3, 0.4) is 0 Å². The van der Waals surface area contributed by atoms with Crippen LogP contribution >= 0.6 is 11.8 Å². The van der Waals surface area contributed by atoms with Crippen LogP contribution in [0.2, 0.25) is 0 Å². The summed E-state index contributed by atoms with van der Waals surface area (Å²) in [4.78, 5) is 13.1. The highest BCUT2D eigenvalue weighted by atomic mass is 32.2. The first kappa shape index (κ1) is 17.4. The number of amides is 1. The molecule has 5 nitrogen and oxygen atoms in total. The molecule has 1 N–H and O–H groups in total. The minimum Gasteiger partial charge on any atom is -0.497 e. The van der Waals surface area contributed by atoms with Crippen LogP contribution in [0.5, 0.6) is 5.75 Å². The van der Waals surface area contributed by atoms with Gasteiger partial charge in [0.1, 0.15) is 5.75 Å². The molecular formula is C16H17NO4S2. The van der Waals surface area contributed by atoms with Crippen molar-refractivity contribution < 1.29 is 17.9 Å². The van der Waals surface area contributed by atoms with Gasteiger partial charge in [-0.25, -0.2) is 8.42 Å². The summed E-state index contributed by atoms with van der Waals surface area (Å²) < 4.78 is 28.1. The second kappa shape index (κ2) is 7.52. The Balaban J connectivity index is 1.94. The normalized spacial score (nSPS) is 11.0. The number of methoxy groups -OCH3 is 1. The molecule has 0 fully saturated rings. The molecule has 7 heteroatoms. The highest BCUT2D eigenvalue weighted by Gasteiger charge is 2.09. The number of rotatable bonds is 6. The van der Waals surface area contributed by atoms with E-state index in [1.807, 2.05) is 24.3 Å². The molecule has 0 aliphatic heterocycles. The molecule has 0 aliphatic rings. The third kappa shape index (κ3) is 5.30. The number of nitrogens with one attached hydrogen (secondary N) is 1. The van der Waals surface area contributed by atoms with Crippen molar-refractivity contribution in [3.05, 3.63) is 48.5 Å². The highest BCUT2D eigenvalue weighted by molar-refractivity contribution is 8.00. The molecule has 0 saturated heterocycles. The summed E-state index contributed by atoms with van der Waals surface area (Å²) in [6.45, 7) is 0. The summed E-state index contributed by atoms with van der Waals surface area (Å²) in [6, 6.07) is 13.6. The fourth-order valence-electron chi connectivity index (χ4n) is 1.82. The Labute approximate surface area is 140 Å². The van der Waals surface area contributed by atoms with E-state index >= 15 is 0 Å². The smallest absolute Gasteiger partial charge is 0.234 e. The molecule has 0 heterocycles. The molecule has 0 spiro atoms. The van der Waals surface area contributed by atoms with Gasteiger partial charge in [-0.2, -0.15) is 0 Å². The van der Waals surface area contributed by atoms with Crippen molar-refractivity contribution in [2.75, 3.05) is 24.4 Å². The maximum Gasteiger partial charge on any atom is 0.234 e. The number of sulfone groups is 1. The van der Waals surface area contributed by atoms with Gasteiger partial charge < -0.3 is 10.1 Å². The average Bonchev–Trinajstić information content (AvgIpc) is 2.53. The Morgan fingerprint density at radius 1 is 1.17 bits per heavy atom. The van der Waals surface area contributed by atoms with Crippen molar-refractivity contribution in [2.24, 2.45) is 0 Å². The third-order valence-electron chi connectivity index (χ3n) is 2.98. The van der Waals surface area contributed by atoms with Gasteiger partial charge in [0.05, 0.1) is 17.8 Å². The molecule has 0 radical (unpaired) electrons.